The number of carbonyl (C=O) groups is 1. The Bertz CT molecular complexity index is 205. The Hall–Kier alpha value is -0.610. The third kappa shape index (κ3) is 7.65. The van der Waals surface area contributed by atoms with Crippen LogP contribution in [0, 0.1) is 5.41 Å². The summed E-state index contributed by atoms with van der Waals surface area (Å²) in [4.78, 5) is 11.5. The summed E-state index contributed by atoms with van der Waals surface area (Å²) in [5.41, 5.74) is 0.248. The largest absolute Gasteiger partial charge is 0.383 e. The Balaban J connectivity index is 3.66. The van der Waals surface area contributed by atoms with Crippen LogP contribution in [0.1, 0.15) is 34.1 Å². The van der Waals surface area contributed by atoms with Crippen LogP contribution < -0.4 is 10.6 Å². The first-order valence-electron chi connectivity index (χ1n) is 5.90. The summed E-state index contributed by atoms with van der Waals surface area (Å²) in [5.74, 6) is 0.0245. The fourth-order valence-corrected chi connectivity index (χ4v) is 1.26. The third-order valence-corrected chi connectivity index (χ3v) is 2.67. The number of nitrogens with one attached hydrogen (secondary N) is 2. The van der Waals surface area contributed by atoms with Gasteiger partial charge >= 0.3 is 0 Å². The SMILES string of the molecule is CCC(C)(C)CNCC(=O)NC(C)COC. The zero-order chi connectivity index (χ0) is 12.6. The molecular weight excluding hydrogens is 204 g/mol. The lowest BCUT2D eigenvalue weighted by Gasteiger charge is -2.23. The van der Waals surface area contributed by atoms with Crippen molar-refractivity contribution in [2.75, 3.05) is 26.8 Å². The molecule has 0 heterocycles. The van der Waals surface area contributed by atoms with Crippen molar-refractivity contribution in [3.05, 3.63) is 0 Å². The van der Waals surface area contributed by atoms with E-state index in [1.54, 1.807) is 7.11 Å². The smallest absolute Gasteiger partial charge is 0.234 e. The van der Waals surface area contributed by atoms with Crippen molar-refractivity contribution in [1.82, 2.24) is 10.6 Å². The van der Waals surface area contributed by atoms with Crippen molar-refractivity contribution in [3.63, 3.8) is 0 Å². The van der Waals surface area contributed by atoms with E-state index in [2.05, 4.69) is 31.4 Å². The highest BCUT2D eigenvalue weighted by Crippen LogP contribution is 2.17. The molecule has 1 unspecified atom stereocenters. The van der Waals surface area contributed by atoms with Gasteiger partial charge in [-0.3, -0.25) is 4.79 Å². The van der Waals surface area contributed by atoms with Gasteiger partial charge < -0.3 is 15.4 Å². The summed E-state index contributed by atoms with van der Waals surface area (Å²) in [6.45, 7) is 10.2. The van der Waals surface area contributed by atoms with Crippen LogP contribution in [-0.2, 0) is 9.53 Å². The van der Waals surface area contributed by atoms with Crippen molar-refractivity contribution < 1.29 is 9.53 Å². The van der Waals surface area contributed by atoms with Gasteiger partial charge in [-0.2, -0.15) is 0 Å². The number of amides is 1. The summed E-state index contributed by atoms with van der Waals surface area (Å²) in [5, 5.41) is 6.03. The second kappa shape index (κ2) is 7.63. The zero-order valence-electron chi connectivity index (χ0n) is 11.2. The monoisotopic (exact) mass is 230 g/mol. The first-order chi connectivity index (χ1) is 7.41. The number of rotatable bonds is 8. The molecule has 2 N–H and O–H groups in total. The van der Waals surface area contributed by atoms with Crippen LogP contribution in [0.2, 0.25) is 0 Å². The summed E-state index contributed by atoms with van der Waals surface area (Å²) < 4.78 is 4.95. The molecule has 0 aromatic rings. The normalized spacial score (nSPS) is 13.6. The minimum absolute atomic E-state index is 0.0245. The van der Waals surface area contributed by atoms with Crippen LogP contribution in [0.25, 0.3) is 0 Å². The minimum atomic E-state index is 0.0245. The van der Waals surface area contributed by atoms with Gasteiger partial charge in [-0.1, -0.05) is 20.8 Å². The van der Waals surface area contributed by atoms with E-state index < -0.39 is 0 Å². The molecule has 0 radical (unpaired) electrons. The van der Waals surface area contributed by atoms with E-state index >= 15 is 0 Å². The van der Waals surface area contributed by atoms with E-state index in [9.17, 15) is 4.79 Å². The van der Waals surface area contributed by atoms with Gasteiger partial charge in [-0.05, 0) is 18.8 Å². The number of hydrogen-bond donors (Lipinski definition) is 2. The summed E-state index contributed by atoms with van der Waals surface area (Å²) in [6, 6.07) is 0.0680. The van der Waals surface area contributed by atoms with Crippen LogP contribution in [0.3, 0.4) is 0 Å². The second-order valence-corrected chi connectivity index (χ2v) is 5.05. The summed E-state index contributed by atoms with van der Waals surface area (Å²) >= 11 is 0. The van der Waals surface area contributed by atoms with Crippen LogP contribution in [0.5, 0.6) is 0 Å². The first-order valence-corrected chi connectivity index (χ1v) is 5.90. The molecule has 0 saturated heterocycles. The molecule has 0 rings (SSSR count). The average molecular weight is 230 g/mol. The van der Waals surface area contributed by atoms with E-state index in [4.69, 9.17) is 4.74 Å². The highest BCUT2D eigenvalue weighted by atomic mass is 16.5. The molecule has 0 saturated carbocycles. The summed E-state index contributed by atoms with van der Waals surface area (Å²) in [6.07, 6.45) is 1.10. The molecule has 0 aliphatic rings. The van der Waals surface area contributed by atoms with Gasteiger partial charge in [0.25, 0.3) is 0 Å². The van der Waals surface area contributed by atoms with Crippen molar-refractivity contribution >= 4 is 5.91 Å². The van der Waals surface area contributed by atoms with E-state index in [1.807, 2.05) is 6.92 Å². The number of hydrogen-bond acceptors (Lipinski definition) is 3. The van der Waals surface area contributed by atoms with Crippen LogP contribution >= 0.6 is 0 Å². The Labute approximate surface area is 99.1 Å². The molecule has 0 aromatic carbocycles. The molecule has 1 atom stereocenters. The van der Waals surface area contributed by atoms with E-state index in [1.165, 1.54) is 0 Å². The number of carbonyl (C=O) groups excluding carboxylic acids is 1. The zero-order valence-corrected chi connectivity index (χ0v) is 11.2. The predicted molar refractivity (Wildman–Crippen MR) is 66.4 cm³/mol. The second-order valence-electron chi connectivity index (χ2n) is 5.05. The van der Waals surface area contributed by atoms with Gasteiger partial charge in [0.05, 0.1) is 13.2 Å². The fourth-order valence-electron chi connectivity index (χ4n) is 1.26. The van der Waals surface area contributed by atoms with Gasteiger partial charge in [-0.15, -0.1) is 0 Å². The lowest BCUT2D eigenvalue weighted by atomic mass is 9.90. The molecule has 0 aromatic heterocycles. The highest BCUT2D eigenvalue weighted by molar-refractivity contribution is 5.78. The highest BCUT2D eigenvalue weighted by Gasteiger charge is 2.15. The first kappa shape index (κ1) is 15.4. The number of methoxy groups -OCH3 is 1. The molecule has 4 nitrogen and oxygen atoms in total. The Morgan fingerprint density at radius 2 is 2.06 bits per heavy atom. The molecule has 1 amide bonds. The molecule has 0 aliphatic heterocycles. The van der Waals surface area contributed by atoms with Gasteiger partial charge in [0.2, 0.25) is 5.91 Å². The third-order valence-electron chi connectivity index (χ3n) is 2.67. The van der Waals surface area contributed by atoms with Crippen molar-refractivity contribution in [2.24, 2.45) is 5.41 Å². The molecule has 0 bridgehead atoms. The van der Waals surface area contributed by atoms with Crippen LogP contribution in [-0.4, -0.2) is 38.8 Å². The lowest BCUT2D eigenvalue weighted by Crippen LogP contribution is -2.42. The van der Waals surface area contributed by atoms with Gasteiger partial charge in [0.15, 0.2) is 0 Å². The van der Waals surface area contributed by atoms with E-state index in [-0.39, 0.29) is 17.4 Å². The van der Waals surface area contributed by atoms with Gasteiger partial charge in [0, 0.05) is 19.7 Å². The standard InChI is InChI=1S/C12H26N2O2/c1-6-12(3,4)9-13-7-11(15)14-10(2)8-16-5/h10,13H,6-9H2,1-5H3,(H,14,15). The Kier molecular flexibility index (Phi) is 7.34. The quantitative estimate of drug-likeness (QED) is 0.658. The van der Waals surface area contributed by atoms with Crippen molar-refractivity contribution in [1.29, 1.82) is 0 Å². The maximum absolute atomic E-state index is 11.5. The molecule has 4 heteroatoms. The van der Waals surface area contributed by atoms with Crippen LogP contribution in [0.4, 0.5) is 0 Å². The molecule has 0 fully saturated rings. The van der Waals surface area contributed by atoms with Crippen molar-refractivity contribution in [3.8, 4) is 0 Å². The fraction of sp³-hybridized carbons (Fsp3) is 0.917. The molecule has 16 heavy (non-hydrogen) atoms. The lowest BCUT2D eigenvalue weighted by molar-refractivity contribution is -0.121. The predicted octanol–water partition coefficient (Wildman–Crippen LogP) is 1.16. The van der Waals surface area contributed by atoms with Crippen LogP contribution in [0.15, 0.2) is 0 Å². The molecular formula is C12H26N2O2. The van der Waals surface area contributed by atoms with Gasteiger partial charge in [0.1, 0.15) is 0 Å². The topological polar surface area (TPSA) is 50.4 Å². The van der Waals surface area contributed by atoms with E-state index in [0.29, 0.717) is 13.2 Å². The Morgan fingerprint density at radius 3 is 2.56 bits per heavy atom. The maximum atomic E-state index is 11.5. The average Bonchev–Trinajstić information content (AvgIpc) is 2.17. The van der Waals surface area contributed by atoms with Gasteiger partial charge in [-0.25, -0.2) is 0 Å². The minimum Gasteiger partial charge on any atom is -0.383 e. The van der Waals surface area contributed by atoms with Crippen molar-refractivity contribution in [2.45, 2.75) is 40.2 Å². The van der Waals surface area contributed by atoms with E-state index in [0.717, 1.165) is 13.0 Å². The molecule has 0 aliphatic carbocycles. The molecule has 0 spiro atoms. The number of ether oxygens (including phenoxy) is 1. The molecule has 96 valence electrons. The summed E-state index contributed by atoms with van der Waals surface area (Å²) in [7, 11) is 1.63. The maximum Gasteiger partial charge on any atom is 0.234 e. The Morgan fingerprint density at radius 1 is 1.44 bits per heavy atom.